The van der Waals surface area contributed by atoms with Crippen LogP contribution in [0.25, 0.3) is 12.2 Å². The second-order valence-corrected chi connectivity index (χ2v) is 4.12. The van der Waals surface area contributed by atoms with Crippen molar-refractivity contribution in [3.63, 3.8) is 0 Å². The number of carbonyl (C=O) groups is 2. The first-order valence-corrected chi connectivity index (χ1v) is 5.92. The van der Waals surface area contributed by atoms with Gasteiger partial charge in [0.15, 0.2) is 0 Å². The van der Waals surface area contributed by atoms with Gasteiger partial charge in [0.2, 0.25) is 0 Å². The van der Waals surface area contributed by atoms with Crippen LogP contribution in [0.3, 0.4) is 0 Å². The average Bonchev–Trinajstić information content (AvgIpc) is 2.45. The maximum Gasteiger partial charge on any atom is 0.336 e. The first kappa shape index (κ1) is 13.5. The molecule has 0 radical (unpaired) electrons. The molecule has 2 rings (SSSR count). The molecule has 0 bridgehead atoms. The van der Waals surface area contributed by atoms with Gasteiger partial charge in [0.25, 0.3) is 0 Å². The van der Waals surface area contributed by atoms with Crippen molar-refractivity contribution in [1.29, 1.82) is 0 Å². The molecule has 0 amide bonds. The van der Waals surface area contributed by atoms with Gasteiger partial charge in [0.1, 0.15) is 0 Å². The van der Waals surface area contributed by atoms with Crippen molar-refractivity contribution in [2.75, 3.05) is 0 Å². The third-order valence-corrected chi connectivity index (χ3v) is 2.82. The SMILES string of the molecule is O=C(O)c1ccccc1/C=C\c1ccccc1C(=O)O. The molecule has 0 atom stereocenters. The van der Waals surface area contributed by atoms with Crippen molar-refractivity contribution < 1.29 is 19.8 Å². The van der Waals surface area contributed by atoms with E-state index in [0.717, 1.165) is 0 Å². The maximum atomic E-state index is 11.1. The van der Waals surface area contributed by atoms with Gasteiger partial charge < -0.3 is 10.2 Å². The molecule has 0 fully saturated rings. The van der Waals surface area contributed by atoms with Crippen LogP contribution in [0.5, 0.6) is 0 Å². The third-order valence-electron chi connectivity index (χ3n) is 2.82. The van der Waals surface area contributed by atoms with E-state index < -0.39 is 11.9 Å². The van der Waals surface area contributed by atoms with E-state index in [0.29, 0.717) is 11.1 Å². The summed E-state index contributed by atoms with van der Waals surface area (Å²) in [5.41, 5.74) is 1.41. The Morgan fingerprint density at radius 2 is 1.05 bits per heavy atom. The Morgan fingerprint density at radius 3 is 1.40 bits per heavy atom. The van der Waals surface area contributed by atoms with Crippen LogP contribution in [-0.4, -0.2) is 22.2 Å². The van der Waals surface area contributed by atoms with Gasteiger partial charge in [-0.3, -0.25) is 0 Å². The fraction of sp³-hybridized carbons (Fsp3) is 0. The van der Waals surface area contributed by atoms with Gasteiger partial charge in [-0.15, -0.1) is 0 Å². The lowest BCUT2D eigenvalue weighted by molar-refractivity contribution is 0.0685. The summed E-state index contributed by atoms with van der Waals surface area (Å²) in [4.78, 5) is 22.2. The summed E-state index contributed by atoms with van der Waals surface area (Å²) in [6.45, 7) is 0. The standard InChI is InChI=1S/C16H12O4/c17-15(18)13-7-3-1-5-11(13)9-10-12-6-2-4-8-14(12)16(19)20/h1-10H,(H,17,18)(H,19,20)/b10-9-. The minimum atomic E-state index is -1.02. The molecule has 2 N–H and O–H groups in total. The molecule has 0 aliphatic heterocycles. The summed E-state index contributed by atoms with van der Waals surface area (Å²) >= 11 is 0. The zero-order valence-electron chi connectivity index (χ0n) is 10.5. The van der Waals surface area contributed by atoms with Crippen molar-refractivity contribution in [3.8, 4) is 0 Å². The highest BCUT2D eigenvalue weighted by Crippen LogP contribution is 2.16. The monoisotopic (exact) mass is 268 g/mol. The minimum Gasteiger partial charge on any atom is -0.478 e. The van der Waals surface area contributed by atoms with Crippen LogP contribution < -0.4 is 0 Å². The molecule has 0 aliphatic carbocycles. The average molecular weight is 268 g/mol. The molecule has 4 heteroatoms. The Hall–Kier alpha value is -2.88. The van der Waals surface area contributed by atoms with Gasteiger partial charge in [0, 0.05) is 0 Å². The van der Waals surface area contributed by atoms with Crippen LogP contribution in [0.4, 0.5) is 0 Å². The Balaban J connectivity index is 2.40. The normalized spacial score (nSPS) is 10.6. The zero-order chi connectivity index (χ0) is 14.5. The molecule has 0 saturated heterocycles. The Bertz CT molecular complexity index is 627. The molecule has 2 aromatic rings. The van der Waals surface area contributed by atoms with E-state index in [1.54, 1.807) is 48.6 Å². The summed E-state index contributed by atoms with van der Waals surface area (Å²) < 4.78 is 0. The highest BCUT2D eigenvalue weighted by molar-refractivity contribution is 5.96. The highest BCUT2D eigenvalue weighted by Gasteiger charge is 2.08. The number of hydrogen-bond donors (Lipinski definition) is 2. The second-order valence-electron chi connectivity index (χ2n) is 4.12. The molecule has 2 aromatic carbocycles. The summed E-state index contributed by atoms with van der Waals surface area (Å²) in [6.07, 6.45) is 3.20. The number of carboxylic acids is 2. The van der Waals surface area contributed by atoms with E-state index in [1.807, 2.05) is 0 Å². The van der Waals surface area contributed by atoms with Crippen LogP contribution in [0, 0.1) is 0 Å². The fourth-order valence-corrected chi connectivity index (χ4v) is 1.85. The number of hydrogen-bond acceptors (Lipinski definition) is 2. The van der Waals surface area contributed by atoms with Crippen molar-refractivity contribution in [3.05, 3.63) is 70.8 Å². The second kappa shape index (κ2) is 5.84. The van der Waals surface area contributed by atoms with E-state index in [4.69, 9.17) is 10.2 Å². The highest BCUT2D eigenvalue weighted by atomic mass is 16.4. The number of aromatic carboxylic acids is 2. The van der Waals surface area contributed by atoms with Crippen molar-refractivity contribution in [2.24, 2.45) is 0 Å². The molecule has 4 nitrogen and oxygen atoms in total. The molecular formula is C16H12O4. The minimum absolute atomic E-state index is 0.177. The topological polar surface area (TPSA) is 74.6 Å². The molecule has 0 aromatic heterocycles. The van der Waals surface area contributed by atoms with Gasteiger partial charge in [-0.1, -0.05) is 48.6 Å². The van der Waals surface area contributed by atoms with Crippen LogP contribution >= 0.6 is 0 Å². The van der Waals surface area contributed by atoms with Gasteiger partial charge in [-0.05, 0) is 23.3 Å². The van der Waals surface area contributed by atoms with Gasteiger partial charge in [-0.25, -0.2) is 9.59 Å². The van der Waals surface area contributed by atoms with Crippen LogP contribution in [0.1, 0.15) is 31.8 Å². The lowest BCUT2D eigenvalue weighted by Crippen LogP contribution is -1.99. The summed E-state index contributed by atoms with van der Waals surface area (Å²) in [5, 5.41) is 18.2. The maximum absolute atomic E-state index is 11.1. The predicted octanol–water partition coefficient (Wildman–Crippen LogP) is 3.25. The number of carboxylic acid groups (broad SMARTS) is 2. The molecule has 100 valence electrons. The molecule has 0 aliphatic rings. The largest absolute Gasteiger partial charge is 0.478 e. The Kier molecular flexibility index (Phi) is 3.96. The van der Waals surface area contributed by atoms with Gasteiger partial charge in [-0.2, -0.15) is 0 Å². The van der Waals surface area contributed by atoms with E-state index in [1.165, 1.54) is 12.1 Å². The number of benzene rings is 2. The van der Waals surface area contributed by atoms with Crippen LogP contribution in [-0.2, 0) is 0 Å². The lowest BCUT2D eigenvalue weighted by atomic mass is 10.0. The smallest absolute Gasteiger partial charge is 0.336 e. The van der Waals surface area contributed by atoms with Crippen molar-refractivity contribution in [1.82, 2.24) is 0 Å². The predicted molar refractivity (Wildman–Crippen MR) is 75.7 cm³/mol. The number of rotatable bonds is 4. The summed E-state index contributed by atoms with van der Waals surface area (Å²) in [6, 6.07) is 13.1. The van der Waals surface area contributed by atoms with E-state index in [9.17, 15) is 9.59 Å². The van der Waals surface area contributed by atoms with Gasteiger partial charge >= 0.3 is 11.9 Å². The summed E-state index contributed by atoms with van der Waals surface area (Å²) in [5.74, 6) is -2.03. The molecule has 0 unspecified atom stereocenters. The van der Waals surface area contributed by atoms with Crippen molar-refractivity contribution >= 4 is 24.1 Å². The van der Waals surface area contributed by atoms with Crippen molar-refractivity contribution in [2.45, 2.75) is 0 Å². The fourth-order valence-electron chi connectivity index (χ4n) is 1.85. The Morgan fingerprint density at radius 1 is 0.700 bits per heavy atom. The van der Waals surface area contributed by atoms with Gasteiger partial charge in [0.05, 0.1) is 11.1 Å². The lowest BCUT2D eigenvalue weighted by Gasteiger charge is -2.02. The third kappa shape index (κ3) is 2.92. The molecule has 0 heterocycles. The van der Waals surface area contributed by atoms with Crippen LogP contribution in [0.2, 0.25) is 0 Å². The molecule has 0 saturated carbocycles. The Labute approximate surface area is 115 Å². The first-order chi connectivity index (χ1) is 9.59. The van der Waals surface area contributed by atoms with E-state index >= 15 is 0 Å². The van der Waals surface area contributed by atoms with E-state index in [2.05, 4.69) is 0 Å². The van der Waals surface area contributed by atoms with Crippen LogP contribution in [0.15, 0.2) is 48.5 Å². The molecule has 0 spiro atoms. The first-order valence-electron chi connectivity index (χ1n) is 5.92. The molecule has 20 heavy (non-hydrogen) atoms. The quantitative estimate of drug-likeness (QED) is 0.835. The zero-order valence-corrected chi connectivity index (χ0v) is 10.5. The van der Waals surface area contributed by atoms with E-state index in [-0.39, 0.29) is 11.1 Å². The molecular weight excluding hydrogens is 256 g/mol. The summed E-state index contributed by atoms with van der Waals surface area (Å²) in [7, 11) is 0.